The number of alkyl halides is 3. The fourth-order valence-electron chi connectivity index (χ4n) is 7.37. The van der Waals surface area contributed by atoms with Gasteiger partial charge in [0.25, 0.3) is 0 Å². The Bertz CT molecular complexity index is 1480. The lowest BCUT2D eigenvalue weighted by molar-refractivity contribution is -0.137. The summed E-state index contributed by atoms with van der Waals surface area (Å²) < 4.78 is 40.2. The van der Waals surface area contributed by atoms with Gasteiger partial charge in [0.2, 0.25) is 0 Å². The lowest BCUT2D eigenvalue weighted by Gasteiger charge is -2.43. The zero-order valence-electron chi connectivity index (χ0n) is 19.4. The number of fused-ring (bicyclic) bond motifs is 5. The molecule has 3 aromatic carbocycles. The molecule has 8 heteroatoms. The van der Waals surface area contributed by atoms with E-state index in [0.717, 1.165) is 17.7 Å². The summed E-state index contributed by atoms with van der Waals surface area (Å²) in [6.07, 6.45) is -4.32. The van der Waals surface area contributed by atoms with Crippen molar-refractivity contribution in [1.82, 2.24) is 4.90 Å². The number of carbonyl (C=O) groups excluding carboxylic acids is 3. The van der Waals surface area contributed by atoms with Gasteiger partial charge in [0.15, 0.2) is 22.9 Å². The van der Waals surface area contributed by atoms with Crippen LogP contribution < -0.4 is 0 Å². The van der Waals surface area contributed by atoms with Gasteiger partial charge in [-0.25, -0.2) is 0 Å². The molecule has 0 N–H and O–H groups in total. The molecule has 0 saturated carbocycles. The highest BCUT2D eigenvalue weighted by Gasteiger charge is 2.81. The lowest BCUT2D eigenvalue weighted by atomic mass is 9.58. The molecule has 186 valence electrons. The molecule has 7 rings (SSSR count). The summed E-state index contributed by atoms with van der Waals surface area (Å²) in [4.78, 5) is 45.3. The predicted molar refractivity (Wildman–Crippen MR) is 132 cm³/mol. The number of hydrogen-bond acceptors (Lipinski definition) is 5. The number of hydrogen-bond donors (Lipinski definition) is 0. The molecule has 37 heavy (non-hydrogen) atoms. The van der Waals surface area contributed by atoms with Crippen LogP contribution in [0.25, 0.3) is 0 Å². The molecule has 2 fully saturated rings. The van der Waals surface area contributed by atoms with Gasteiger partial charge in [-0.05, 0) is 29.7 Å². The van der Waals surface area contributed by atoms with Crippen molar-refractivity contribution in [1.29, 1.82) is 0 Å². The molecule has 4 nitrogen and oxygen atoms in total. The second kappa shape index (κ2) is 7.42. The van der Waals surface area contributed by atoms with Gasteiger partial charge in [0.1, 0.15) is 0 Å². The van der Waals surface area contributed by atoms with Crippen LogP contribution in [0.3, 0.4) is 0 Å². The van der Waals surface area contributed by atoms with Crippen LogP contribution >= 0.6 is 11.8 Å². The monoisotopic (exact) mass is 519 g/mol. The predicted octanol–water partition coefficient (Wildman–Crippen LogP) is 5.42. The van der Waals surface area contributed by atoms with E-state index in [1.165, 1.54) is 12.1 Å². The van der Waals surface area contributed by atoms with Crippen LogP contribution in [-0.2, 0) is 12.6 Å². The number of thioether (sulfide) groups is 1. The summed E-state index contributed by atoms with van der Waals surface area (Å²) in [5.74, 6) is -0.713. The van der Waals surface area contributed by atoms with Crippen molar-refractivity contribution in [3.05, 3.63) is 106 Å². The average Bonchev–Trinajstić information content (AvgIpc) is 3.59. The summed E-state index contributed by atoms with van der Waals surface area (Å²) in [6, 6.07) is 18.4. The van der Waals surface area contributed by atoms with Crippen molar-refractivity contribution in [2.45, 2.75) is 30.1 Å². The molecular formula is C29H20F3NO3S. The largest absolute Gasteiger partial charge is 0.416 e. The summed E-state index contributed by atoms with van der Waals surface area (Å²) >= 11 is 1.57. The fraction of sp³-hybridized carbons (Fsp3) is 0.276. The number of carbonyl (C=O) groups is 3. The highest BCUT2D eigenvalue weighted by atomic mass is 32.2. The van der Waals surface area contributed by atoms with Crippen molar-refractivity contribution in [3.63, 3.8) is 0 Å². The van der Waals surface area contributed by atoms with Crippen molar-refractivity contribution in [2.75, 3.05) is 11.6 Å². The van der Waals surface area contributed by atoms with Crippen molar-refractivity contribution in [2.24, 2.45) is 5.41 Å². The Kier molecular flexibility index (Phi) is 4.60. The van der Waals surface area contributed by atoms with Gasteiger partial charge < -0.3 is 0 Å². The van der Waals surface area contributed by atoms with Crippen molar-refractivity contribution < 1.29 is 27.6 Å². The fourth-order valence-corrected chi connectivity index (χ4v) is 8.67. The lowest BCUT2D eigenvalue weighted by Crippen LogP contribution is -2.64. The Hall–Kier alpha value is -3.23. The SMILES string of the molecule is O=C1c2ccccc2C(=O)C12N1CSC[C@H]1[C@H](c1ccc(C(F)(F)F)cc1)[C@]21Cc2ccccc2C1=O. The van der Waals surface area contributed by atoms with Gasteiger partial charge in [0.05, 0.1) is 11.0 Å². The van der Waals surface area contributed by atoms with Crippen molar-refractivity contribution >= 4 is 29.1 Å². The van der Waals surface area contributed by atoms with Gasteiger partial charge in [-0.2, -0.15) is 13.2 Å². The first-order chi connectivity index (χ1) is 17.7. The number of rotatable bonds is 1. The van der Waals surface area contributed by atoms with E-state index in [1.807, 2.05) is 17.0 Å². The van der Waals surface area contributed by atoms with Crippen LogP contribution in [0.1, 0.15) is 53.7 Å². The van der Waals surface area contributed by atoms with Crippen LogP contribution in [0, 0.1) is 5.41 Å². The molecule has 2 saturated heterocycles. The molecule has 3 aromatic rings. The smallest absolute Gasteiger partial charge is 0.293 e. The Morgan fingerprint density at radius 3 is 1.97 bits per heavy atom. The Morgan fingerprint density at radius 2 is 1.38 bits per heavy atom. The highest BCUT2D eigenvalue weighted by Crippen LogP contribution is 2.67. The molecule has 2 aliphatic carbocycles. The first-order valence-electron chi connectivity index (χ1n) is 12.1. The summed E-state index contributed by atoms with van der Waals surface area (Å²) in [5, 5.41) is 0. The Morgan fingerprint density at radius 1 is 0.784 bits per heavy atom. The minimum absolute atomic E-state index is 0.177. The van der Waals surface area contributed by atoms with Crippen LogP contribution in [0.5, 0.6) is 0 Å². The van der Waals surface area contributed by atoms with Crippen LogP contribution in [0.2, 0.25) is 0 Å². The van der Waals surface area contributed by atoms with Gasteiger partial charge in [-0.15, -0.1) is 11.8 Å². The van der Waals surface area contributed by atoms with E-state index in [9.17, 15) is 27.6 Å². The second-order valence-corrected chi connectivity index (χ2v) is 11.2. The molecule has 0 unspecified atom stereocenters. The first-order valence-corrected chi connectivity index (χ1v) is 13.2. The summed E-state index contributed by atoms with van der Waals surface area (Å²) in [5.41, 5.74) is -1.60. The van der Waals surface area contributed by atoms with E-state index in [4.69, 9.17) is 0 Å². The van der Waals surface area contributed by atoms with Gasteiger partial charge >= 0.3 is 6.18 Å². The minimum Gasteiger partial charge on any atom is -0.293 e. The molecule has 0 bridgehead atoms. The quantitative estimate of drug-likeness (QED) is 0.402. The number of ketones is 3. The molecule has 0 radical (unpaired) electrons. The minimum atomic E-state index is -4.50. The number of nitrogens with zero attached hydrogens (tertiary/aromatic N) is 1. The maximum atomic E-state index is 14.5. The highest BCUT2D eigenvalue weighted by molar-refractivity contribution is 7.99. The molecule has 0 aromatic heterocycles. The van der Waals surface area contributed by atoms with Crippen LogP contribution in [0.15, 0.2) is 72.8 Å². The average molecular weight is 520 g/mol. The molecular weight excluding hydrogens is 499 g/mol. The molecule has 2 aliphatic heterocycles. The Labute approximate surface area is 214 Å². The van der Waals surface area contributed by atoms with Gasteiger partial charge in [-0.3, -0.25) is 19.3 Å². The van der Waals surface area contributed by atoms with E-state index >= 15 is 0 Å². The van der Waals surface area contributed by atoms with Crippen LogP contribution in [0.4, 0.5) is 13.2 Å². The third-order valence-corrected chi connectivity index (χ3v) is 9.76. The topological polar surface area (TPSA) is 54.5 Å². The summed E-state index contributed by atoms with van der Waals surface area (Å²) in [7, 11) is 0. The maximum absolute atomic E-state index is 14.5. The third kappa shape index (κ3) is 2.62. The standard InChI is InChI=1S/C29H20F3NO3S/c30-29(31,32)18-11-9-16(10-12-18)23-22-14-37-15-33(22)28(25(35)20-7-3-4-8-21(20)26(28)36)27(23)13-17-5-1-2-6-19(17)24(27)34/h1-12,22-23H,13-15H2/t22-,23-,27-/m0/s1. The molecule has 2 heterocycles. The maximum Gasteiger partial charge on any atom is 0.416 e. The number of halogens is 3. The van der Waals surface area contributed by atoms with Crippen LogP contribution in [-0.4, -0.2) is 45.5 Å². The van der Waals surface area contributed by atoms with Crippen molar-refractivity contribution in [3.8, 4) is 0 Å². The normalized spacial score (nSPS) is 27.8. The Balaban J connectivity index is 1.52. The van der Waals surface area contributed by atoms with E-state index < -0.39 is 28.6 Å². The molecule has 4 aliphatic rings. The summed E-state index contributed by atoms with van der Waals surface area (Å²) in [6.45, 7) is 0. The van der Waals surface area contributed by atoms with Gasteiger partial charge in [-0.1, -0.05) is 60.7 Å². The molecule has 2 spiro atoms. The van der Waals surface area contributed by atoms with Gasteiger partial charge in [0, 0.05) is 40.3 Å². The first kappa shape index (κ1) is 22.9. The molecule has 3 atom stereocenters. The van der Waals surface area contributed by atoms with E-state index in [0.29, 0.717) is 33.9 Å². The van der Waals surface area contributed by atoms with E-state index in [2.05, 4.69) is 0 Å². The van der Waals surface area contributed by atoms with E-state index in [1.54, 1.807) is 48.2 Å². The number of Topliss-reactive ketones (excluding diaryl/α,β-unsaturated/α-hetero) is 3. The zero-order valence-corrected chi connectivity index (χ0v) is 20.2. The molecule has 0 amide bonds. The second-order valence-electron chi connectivity index (χ2n) is 10.2. The zero-order chi connectivity index (χ0) is 25.7. The van der Waals surface area contributed by atoms with E-state index in [-0.39, 0.29) is 29.8 Å². The third-order valence-electron chi connectivity index (χ3n) is 8.72. The number of benzene rings is 3.